The normalized spacial score (nSPS) is 13.2. The Balaban J connectivity index is 3.19. The van der Waals surface area contributed by atoms with Crippen molar-refractivity contribution < 1.29 is 18.1 Å². The Hall–Kier alpha value is -0.130. The summed E-state index contributed by atoms with van der Waals surface area (Å²) in [5, 5.41) is 9.84. The van der Waals surface area contributed by atoms with Gasteiger partial charge in [0.1, 0.15) is 0 Å². The van der Waals surface area contributed by atoms with Crippen molar-refractivity contribution in [2.45, 2.75) is 122 Å². The number of aliphatic hydroxyl groups is 1. The molecule has 0 aromatic carbocycles. The summed E-state index contributed by atoms with van der Waals surface area (Å²) in [6.07, 6.45) is 19.4. The lowest BCUT2D eigenvalue weighted by molar-refractivity contribution is 0.148. The van der Waals surface area contributed by atoms with Crippen LogP contribution in [0.5, 0.6) is 0 Å². The monoisotopic (exact) mass is 378 g/mol. The fourth-order valence-corrected chi connectivity index (χ4v) is 3.78. The van der Waals surface area contributed by atoms with Gasteiger partial charge in [-0.3, -0.25) is 4.55 Å². The topological polar surface area (TPSA) is 74.6 Å². The predicted octanol–water partition coefficient (Wildman–Crippen LogP) is 5.89. The lowest BCUT2D eigenvalue weighted by atomic mass is 10.0. The van der Waals surface area contributed by atoms with Crippen LogP contribution in [0.15, 0.2) is 0 Å². The third kappa shape index (κ3) is 21.8. The highest BCUT2D eigenvalue weighted by Crippen LogP contribution is 2.14. The molecule has 25 heavy (non-hydrogen) atoms. The van der Waals surface area contributed by atoms with E-state index in [0.29, 0.717) is 19.3 Å². The van der Waals surface area contributed by atoms with Crippen molar-refractivity contribution in [3.63, 3.8) is 0 Å². The molecule has 2 N–H and O–H groups in total. The van der Waals surface area contributed by atoms with Crippen molar-refractivity contribution >= 4 is 10.1 Å². The second-order valence-electron chi connectivity index (χ2n) is 7.47. The summed E-state index contributed by atoms with van der Waals surface area (Å²) in [7, 11) is -3.85. The largest absolute Gasteiger partial charge is 0.393 e. The third-order valence-electron chi connectivity index (χ3n) is 4.83. The van der Waals surface area contributed by atoms with Crippen molar-refractivity contribution in [3.05, 3.63) is 0 Å². The maximum atomic E-state index is 10.6. The average Bonchev–Trinajstić information content (AvgIpc) is 2.55. The van der Waals surface area contributed by atoms with Crippen LogP contribution >= 0.6 is 0 Å². The lowest BCUT2D eigenvalue weighted by Crippen LogP contribution is -2.08. The van der Waals surface area contributed by atoms with Gasteiger partial charge in [0.25, 0.3) is 10.1 Å². The molecule has 1 atom stereocenters. The van der Waals surface area contributed by atoms with Crippen molar-refractivity contribution in [2.24, 2.45) is 0 Å². The van der Waals surface area contributed by atoms with Crippen molar-refractivity contribution in [1.29, 1.82) is 0 Å². The van der Waals surface area contributed by atoms with E-state index in [2.05, 4.69) is 6.92 Å². The minimum Gasteiger partial charge on any atom is -0.393 e. The fourth-order valence-electron chi connectivity index (χ4n) is 3.21. The molecule has 0 aliphatic rings. The molecule has 0 aliphatic carbocycles. The first-order valence-corrected chi connectivity index (χ1v) is 12.2. The molecule has 0 spiro atoms. The number of hydrogen-bond acceptors (Lipinski definition) is 3. The molecular weight excluding hydrogens is 336 g/mol. The molecule has 0 heterocycles. The molecule has 0 saturated carbocycles. The predicted molar refractivity (Wildman–Crippen MR) is 107 cm³/mol. The van der Waals surface area contributed by atoms with Gasteiger partial charge in [-0.15, -0.1) is 0 Å². The maximum absolute atomic E-state index is 10.6. The van der Waals surface area contributed by atoms with Crippen molar-refractivity contribution in [2.75, 3.05) is 5.75 Å². The van der Waals surface area contributed by atoms with Gasteiger partial charge in [-0.2, -0.15) is 8.42 Å². The van der Waals surface area contributed by atoms with E-state index in [1.54, 1.807) is 0 Å². The van der Waals surface area contributed by atoms with Crippen molar-refractivity contribution in [1.82, 2.24) is 0 Å². The minimum absolute atomic E-state index is 0.196. The van der Waals surface area contributed by atoms with Crippen LogP contribution in [-0.2, 0) is 10.1 Å². The fraction of sp³-hybridized carbons (Fsp3) is 1.00. The molecule has 0 fully saturated rings. The van der Waals surface area contributed by atoms with E-state index in [4.69, 9.17) is 4.55 Å². The van der Waals surface area contributed by atoms with Crippen LogP contribution in [0.1, 0.15) is 116 Å². The molecule has 152 valence electrons. The second kappa shape index (κ2) is 17.3. The summed E-state index contributed by atoms with van der Waals surface area (Å²) in [5.41, 5.74) is 0. The van der Waals surface area contributed by atoms with Crippen LogP contribution < -0.4 is 0 Å². The van der Waals surface area contributed by atoms with Crippen LogP contribution in [-0.4, -0.2) is 29.9 Å². The Morgan fingerprint density at radius 1 is 0.640 bits per heavy atom. The van der Waals surface area contributed by atoms with Crippen LogP contribution in [0.25, 0.3) is 0 Å². The Kier molecular flexibility index (Phi) is 17.2. The van der Waals surface area contributed by atoms with Gasteiger partial charge in [0.05, 0.1) is 11.9 Å². The summed E-state index contributed by atoms with van der Waals surface area (Å²) in [4.78, 5) is 0. The number of aliphatic hydroxyl groups excluding tert-OH is 1. The highest BCUT2D eigenvalue weighted by Gasteiger charge is 2.07. The van der Waals surface area contributed by atoms with Gasteiger partial charge in [0, 0.05) is 0 Å². The Morgan fingerprint density at radius 2 is 1.00 bits per heavy atom. The van der Waals surface area contributed by atoms with Crippen LogP contribution in [0.2, 0.25) is 0 Å². The molecule has 4 nitrogen and oxygen atoms in total. The Bertz CT molecular complexity index is 368. The first-order chi connectivity index (χ1) is 12.0. The summed E-state index contributed by atoms with van der Waals surface area (Å²) in [6.45, 7) is 2.26. The zero-order valence-electron chi connectivity index (χ0n) is 16.4. The molecular formula is C20H42O4S. The summed E-state index contributed by atoms with van der Waals surface area (Å²) < 4.78 is 29.8. The quantitative estimate of drug-likeness (QED) is 0.217. The van der Waals surface area contributed by atoms with E-state index in [1.807, 2.05) is 0 Å². The standard InChI is InChI=1S/C20H42O4S/c1-2-3-4-5-6-7-8-9-10-11-12-13-14-17-20(21)18-15-16-19-25(22,23)24/h20-21H,2-19H2,1H3,(H,22,23,24). The summed E-state index contributed by atoms with van der Waals surface area (Å²) in [5.74, 6) is -0.196. The molecule has 0 saturated heterocycles. The van der Waals surface area contributed by atoms with E-state index in [0.717, 1.165) is 12.8 Å². The summed E-state index contributed by atoms with van der Waals surface area (Å²) in [6, 6.07) is 0. The maximum Gasteiger partial charge on any atom is 0.264 e. The van der Waals surface area contributed by atoms with Gasteiger partial charge in [0.2, 0.25) is 0 Å². The van der Waals surface area contributed by atoms with E-state index in [1.165, 1.54) is 77.0 Å². The molecule has 0 radical (unpaired) electrons. The van der Waals surface area contributed by atoms with Gasteiger partial charge < -0.3 is 5.11 Å². The first kappa shape index (κ1) is 24.9. The van der Waals surface area contributed by atoms with Crippen molar-refractivity contribution in [3.8, 4) is 0 Å². The van der Waals surface area contributed by atoms with Gasteiger partial charge >= 0.3 is 0 Å². The molecule has 5 heteroatoms. The number of unbranched alkanes of at least 4 members (excludes halogenated alkanes) is 13. The molecule has 0 aromatic rings. The first-order valence-electron chi connectivity index (χ1n) is 10.6. The van der Waals surface area contributed by atoms with E-state index in [-0.39, 0.29) is 11.9 Å². The molecule has 0 amide bonds. The highest BCUT2D eigenvalue weighted by atomic mass is 32.2. The Labute approximate surface area is 156 Å². The number of hydrogen-bond donors (Lipinski definition) is 2. The zero-order valence-corrected chi connectivity index (χ0v) is 17.2. The smallest absolute Gasteiger partial charge is 0.264 e. The molecule has 0 rings (SSSR count). The SMILES string of the molecule is CCCCCCCCCCCCCCCC(O)CCCCS(=O)(=O)O. The lowest BCUT2D eigenvalue weighted by Gasteiger charge is -2.10. The minimum atomic E-state index is -3.85. The van der Waals surface area contributed by atoms with E-state index < -0.39 is 10.1 Å². The summed E-state index contributed by atoms with van der Waals surface area (Å²) >= 11 is 0. The van der Waals surface area contributed by atoms with Crippen LogP contribution in [0.4, 0.5) is 0 Å². The zero-order chi connectivity index (χ0) is 18.8. The molecule has 1 unspecified atom stereocenters. The Morgan fingerprint density at radius 3 is 1.40 bits per heavy atom. The van der Waals surface area contributed by atoms with Gasteiger partial charge in [-0.1, -0.05) is 90.4 Å². The second-order valence-corrected chi connectivity index (χ2v) is 9.04. The average molecular weight is 379 g/mol. The van der Waals surface area contributed by atoms with Gasteiger partial charge in [-0.25, -0.2) is 0 Å². The number of rotatable bonds is 19. The molecule has 0 aromatic heterocycles. The van der Waals surface area contributed by atoms with Gasteiger partial charge in [0.15, 0.2) is 0 Å². The third-order valence-corrected chi connectivity index (χ3v) is 5.64. The van der Waals surface area contributed by atoms with Gasteiger partial charge in [-0.05, 0) is 25.7 Å². The van der Waals surface area contributed by atoms with E-state index in [9.17, 15) is 13.5 Å². The molecule has 0 bridgehead atoms. The van der Waals surface area contributed by atoms with Crippen LogP contribution in [0.3, 0.4) is 0 Å². The highest BCUT2D eigenvalue weighted by molar-refractivity contribution is 7.85. The molecule has 0 aliphatic heterocycles. The van der Waals surface area contributed by atoms with Crippen LogP contribution in [0, 0.1) is 0 Å². The van der Waals surface area contributed by atoms with E-state index >= 15 is 0 Å².